The molecule has 5 nitrogen and oxygen atoms in total. The summed E-state index contributed by atoms with van der Waals surface area (Å²) in [5.74, 6) is 0.790. The average Bonchev–Trinajstić information content (AvgIpc) is 2.65. The zero-order valence-corrected chi connectivity index (χ0v) is 16.9. The maximum atomic E-state index is 12.3. The number of hydrogen-bond acceptors (Lipinski definition) is 5. The molecule has 0 radical (unpaired) electrons. The molecule has 1 aromatic heterocycles. The largest absolute Gasteiger partial charge is 0.494 e. The monoisotopic (exact) mass is 391 g/mol. The molecule has 142 valence electrons. The van der Waals surface area contributed by atoms with E-state index in [1.807, 2.05) is 51.1 Å². The smallest absolute Gasteiger partial charge is 0.234 e. The summed E-state index contributed by atoms with van der Waals surface area (Å²) >= 11 is 1.26. The first kappa shape index (κ1) is 19.7. The van der Waals surface area contributed by atoms with Crippen LogP contribution >= 0.6 is 11.8 Å². The number of rotatable bonds is 6. The van der Waals surface area contributed by atoms with Crippen molar-refractivity contribution in [2.45, 2.75) is 25.8 Å². The van der Waals surface area contributed by atoms with Crippen LogP contribution in [0.3, 0.4) is 0 Å². The quantitative estimate of drug-likeness (QED) is 0.608. The van der Waals surface area contributed by atoms with Crippen LogP contribution in [0.25, 0.3) is 10.9 Å². The normalized spacial score (nSPS) is 10.5. The number of aromatic nitrogens is 1. The van der Waals surface area contributed by atoms with Gasteiger partial charge in [0.1, 0.15) is 16.8 Å². The molecule has 0 atom stereocenters. The van der Waals surface area contributed by atoms with Gasteiger partial charge in [0.15, 0.2) is 0 Å². The Kier molecular flexibility index (Phi) is 6.17. The predicted molar refractivity (Wildman–Crippen MR) is 113 cm³/mol. The molecule has 1 N–H and O–H groups in total. The fourth-order valence-corrected chi connectivity index (χ4v) is 3.72. The molecule has 0 fully saturated rings. The maximum Gasteiger partial charge on any atom is 0.234 e. The van der Waals surface area contributed by atoms with E-state index in [-0.39, 0.29) is 11.7 Å². The number of carbonyl (C=O) groups is 1. The standard InChI is InChI=1S/C22H21N3O2S/c1-4-27-19-5-6-20-16(11-19)10-17(12-23)22(25-20)28-13-21(26)24-18-8-14(2)7-15(3)9-18/h5-11H,4,13H2,1-3H3,(H,24,26). The second kappa shape index (κ2) is 8.77. The van der Waals surface area contributed by atoms with Gasteiger partial charge < -0.3 is 10.1 Å². The topological polar surface area (TPSA) is 75.0 Å². The zero-order valence-electron chi connectivity index (χ0n) is 16.1. The van der Waals surface area contributed by atoms with Crippen LogP contribution in [0.2, 0.25) is 0 Å². The fraction of sp³-hybridized carbons (Fsp3) is 0.227. The van der Waals surface area contributed by atoms with Crippen LogP contribution in [0.4, 0.5) is 5.69 Å². The van der Waals surface area contributed by atoms with Crippen molar-refractivity contribution in [2.75, 3.05) is 17.7 Å². The van der Waals surface area contributed by atoms with Crippen molar-refractivity contribution in [2.24, 2.45) is 0 Å². The van der Waals surface area contributed by atoms with E-state index in [2.05, 4.69) is 22.4 Å². The summed E-state index contributed by atoms with van der Waals surface area (Å²) in [6.07, 6.45) is 0. The molecule has 0 saturated carbocycles. The van der Waals surface area contributed by atoms with Crippen molar-refractivity contribution in [3.63, 3.8) is 0 Å². The number of nitrogens with one attached hydrogen (secondary N) is 1. The van der Waals surface area contributed by atoms with E-state index in [0.29, 0.717) is 17.2 Å². The Morgan fingerprint density at radius 1 is 1.18 bits per heavy atom. The van der Waals surface area contributed by atoms with E-state index in [9.17, 15) is 10.1 Å². The minimum Gasteiger partial charge on any atom is -0.494 e. The molecule has 0 aliphatic carbocycles. The number of ether oxygens (including phenoxy) is 1. The summed E-state index contributed by atoms with van der Waals surface area (Å²) < 4.78 is 5.50. The van der Waals surface area contributed by atoms with Crippen LogP contribution in [-0.2, 0) is 4.79 Å². The van der Waals surface area contributed by atoms with Gasteiger partial charge in [-0.3, -0.25) is 4.79 Å². The Morgan fingerprint density at radius 2 is 1.93 bits per heavy atom. The highest BCUT2D eigenvalue weighted by atomic mass is 32.2. The Labute approximate surface area is 168 Å². The van der Waals surface area contributed by atoms with Gasteiger partial charge in [0, 0.05) is 11.1 Å². The van der Waals surface area contributed by atoms with Crippen LogP contribution in [0, 0.1) is 25.2 Å². The third-order valence-electron chi connectivity index (χ3n) is 4.03. The molecule has 28 heavy (non-hydrogen) atoms. The molecule has 1 heterocycles. The lowest BCUT2D eigenvalue weighted by Crippen LogP contribution is -2.14. The van der Waals surface area contributed by atoms with Gasteiger partial charge in [0.25, 0.3) is 0 Å². The van der Waals surface area contributed by atoms with Crippen LogP contribution in [-0.4, -0.2) is 23.3 Å². The van der Waals surface area contributed by atoms with E-state index < -0.39 is 0 Å². The van der Waals surface area contributed by atoms with Crippen molar-refractivity contribution in [3.05, 3.63) is 59.2 Å². The number of pyridine rings is 1. The molecule has 0 unspecified atom stereocenters. The molecular formula is C22H21N3O2S. The van der Waals surface area contributed by atoms with Gasteiger partial charge in [-0.15, -0.1) is 0 Å². The number of carbonyl (C=O) groups excluding carboxylic acids is 1. The van der Waals surface area contributed by atoms with Gasteiger partial charge >= 0.3 is 0 Å². The number of nitriles is 1. The molecule has 2 aromatic carbocycles. The predicted octanol–water partition coefficient (Wildman–Crippen LogP) is 4.85. The van der Waals surface area contributed by atoms with Crippen LogP contribution in [0.15, 0.2) is 47.5 Å². The first-order valence-corrected chi connectivity index (χ1v) is 9.95. The maximum absolute atomic E-state index is 12.3. The van der Waals surface area contributed by atoms with Crippen molar-refractivity contribution < 1.29 is 9.53 Å². The molecule has 0 saturated heterocycles. The van der Waals surface area contributed by atoms with E-state index in [1.54, 1.807) is 6.07 Å². The van der Waals surface area contributed by atoms with Gasteiger partial charge in [-0.2, -0.15) is 5.26 Å². The lowest BCUT2D eigenvalue weighted by molar-refractivity contribution is -0.113. The molecule has 0 spiro atoms. The molecule has 3 rings (SSSR count). The summed E-state index contributed by atoms with van der Waals surface area (Å²) in [6.45, 7) is 6.48. The summed E-state index contributed by atoms with van der Waals surface area (Å²) in [7, 11) is 0. The Balaban J connectivity index is 1.75. The summed E-state index contributed by atoms with van der Waals surface area (Å²) in [6, 6.07) is 15.5. The number of aryl methyl sites for hydroxylation is 2. The number of benzene rings is 2. The van der Waals surface area contributed by atoms with Crippen LogP contribution in [0.1, 0.15) is 23.6 Å². The molecule has 1 amide bonds. The number of amides is 1. The third kappa shape index (κ3) is 4.81. The van der Waals surface area contributed by atoms with Gasteiger partial charge in [0.2, 0.25) is 5.91 Å². The number of thioether (sulfide) groups is 1. The first-order valence-electron chi connectivity index (χ1n) is 8.97. The lowest BCUT2D eigenvalue weighted by atomic mass is 10.1. The van der Waals surface area contributed by atoms with Crippen LogP contribution in [0.5, 0.6) is 5.75 Å². The number of fused-ring (bicyclic) bond motifs is 1. The van der Waals surface area contributed by atoms with Crippen molar-refractivity contribution >= 4 is 34.3 Å². The average molecular weight is 391 g/mol. The van der Waals surface area contributed by atoms with Crippen molar-refractivity contribution in [3.8, 4) is 11.8 Å². The highest BCUT2D eigenvalue weighted by Crippen LogP contribution is 2.27. The lowest BCUT2D eigenvalue weighted by Gasteiger charge is -2.09. The SMILES string of the molecule is CCOc1ccc2nc(SCC(=O)Nc3cc(C)cc(C)c3)c(C#N)cc2c1. The van der Waals surface area contributed by atoms with Gasteiger partial charge in [-0.1, -0.05) is 17.8 Å². The van der Waals surface area contributed by atoms with Gasteiger partial charge in [-0.05, 0) is 68.3 Å². The zero-order chi connectivity index (χ0) is 20.1. The highest BCUT2D eigenvalue weighted by Gasteiger charge is 2.11. The summed E-state index contributed by atoms with van der Waals surface area (Å²) in [5.41, 5.74) is 4.18. The van der Waals surface area contributed by atoms with Crippen molar-refractivity contribution in [1.82, 2.24) is 4.98 Å². The third-order valence-corrected chi connectivity index (χ3v) is 5.02. The minimum atomic E-state index is -0.132. The molecule has 0 aliphatic heterocycles. The molecule has 6 heteroatoms. The number of hydrogen-bond donors (Lipinski definition) is 1. The van der Waals surface area contributed by atoms with Crippen molar-refractivity contribution in [1.29, 1.82) is 5.26 Å². The number of anilines is 1. The second-order valence-electron chi connectivity index (χ2n) is 6.45. The van der Waals surface area contributed by atoms with Gasteiger partial charge in [-0.25, -0.2) is 4.98 Å². The number of nitrogens with zero attached hydrogens (tertiary/aromatic N) is 2. The second-order valence-corrected chi connectivity index (χ2v) is 7.42. The Morgan fingerprint density at radius 3 is 2.61 bits per heavy atom. The van der Waals surface area contributed by atoms with E-state index >= 15 is 0 Å². The highest BCUT2D eigenvalue weighted by molar-refractivity contribution is 8.00. The minimum absolute atomic E-state index is 0.132. The van der Waals surface area contributed by atoms with E-state index in [0.717, 1.165) is 33.5 Å². The molecule has 3 aromatic rings. The Hall–Kier alpha value is -3.04. The summed E-state index contributed by atoms with van der Waals surface area (Å²) in [5, 5.41) is 13.8. The van der Waals surface area contributed by atoms with Gasteiger partial charge in [0.05, 0.1) is 23.4 Å². The summed E-state index contributed by atoms with van der Waals surface area (Å²) in [4.78, 5) is 16.9. The molecule has 0 aliphatic rings. The molecule has 0 bridgehead atoms. The van der Waals surface area contributed by atoms with E-state index in [1.165, 1.54) is 11.8 Å². The first-order chi connectivity index (χ1) is 13.5. The Bertz CT molecular complexity index is 1050. The fourth-order valence-electron chi connectivity index (χ4n) is 2.96. The molecular weight excluding hydrogens is 370 g/mol. The van der Waals surface area contributed by atoms with Crippen LogP contribution < -0.4 is 10.1 Å². The van der Waals surface area contributed by atoms with E-state index in [4.69, 9.17) is 4.74 Å².